The quantitative estimate of drug-likeness (QED) is 0.774. The third kappa shape index (κ3) is 3.29. The van der Waals surface area contributed by atoms with E-state index in [0.717, 1.165) is 16.5 Å². The molecule has 0 unspecified atom stereocenters. The topological polar surface area (TPSA) is 39.2 Å². The zero-order valence-electron chi connectivity index (χ0n) is 10.7. The summed E-state index contributed by atoms with van der Waals surface area (Å²) in [5.41, 5.74) is 2.08. The molecule has 0 amide bonds. The molecule has 0 saturated heterocycles. The minimum absolute atomic E-state index is 0.0456. The van der Waals surface area contributed by atoms with Gasteiger partial charge in [0.05, 0.1) is 11.6 Å². The highest BCUT2D eigenvalue weighted by Gasteiger charge is 2.06. The minimum atomic E-state index is -0.147. The average molecular weight is 243 g/mol. The van der Waals surface area contributed by atoms with E-state index >= 15 is 0 Å². The van der Waals surface area contributed by atoms with Crippen LogP contribution in [-0.2, 0) is 16.0 Å². The van der Waals surface area contributed by atoms with Crippen LogP contribution in [0, 0.1) is 0 Å². The first kappa shape index (κ1) is 12.6. The molecule has 0 saturated carbocycles. The van der Waals surface area contributed by atoms with Crippen molar-refractivity contribution in [2.24, 2.45) is 0 Å². The van der Waals surface area contributed by atoms with Gasteiger partial charge in [-0.1, -0.05) is 18.2 Å². The number of carbonyl (C=O) groups excluding carboxylic acids is 1. The number of benzene rings is 1. The van der Waals surface area contributed by atoms with E-state index in [4.69, 9.17) is 4.74 Å². The van der Waals surface area contributed by atoms with E-state index in [1.807, 2.05) is 44.2 Å². The number of fused-ring (bicyclic) bond motifs is 1. The highest BCUT2D eigenvalue weighted by atomic mass is 16.5. The maximum atomic E-state index is 11.5. The summed E-state index contributed by atoms with van der Waals surface area (Å²) >= 11 is 0. The second kappa shape index (κ2) is 5.63. The number of hydrogen-bond acceptors (Lipinski definition) is 3. The van der Waals surface area contributed by atoms with Crippen molar-refractivity contribution in [1.82, 2.24) is 4.98 Å². The number of ether oxygens (including phenoxy) is 1. The van der Waals surface area contributed by atoms with Crippen LogP contribution in [0.5, 0.6) is 0 Å². The first-order chi connectivity index (χ1) is 8.65. The molecular formula is C15H17NO2. The number of rotatable bonds is 4. The Morgan fingerprint density at radius 2 is 2.17 bits per heavy atom. The monoisotopic (exact) mass is 243 g/mol. The molecule has 2 rings (SSSR count). The van der Waals surface area contributed by atoms with Gasteiger partial charge in [0.15, 0.2) is 0 Å². The van der Waals surface area contributed by atoms with Crippen LogP contribution in [0.2, 0.25) is 0 Å². The van der Waals surface area contributed by atoms with E-state index < -0.39 is 0 Å². The maximum Gasteiger partial charge on any atom is 0.306 e. The molecule has 3 heteroatoms. The number of aryl methyl sites for hydroxylation is 1. The molecule has 0 atom stereocenters. The fraction of sp³-hybridized carbons (Fsp3) is 0.333. The predicted octanol–water partition coefficient (Wildman–Crippen LogP) is 3.12. The minimum Gasteiger partial charge on any atom is -0.463 e. The molecule has 3 nitrogen and oxygen atoms in total. The summed E-state index contributed by atoms with van der Waals surface area (Å²) in [6.07, 6.45) is 2.84. The van der Waals surface area contributed by atoms with E-state index in [0.29, 0.717) is 12.8 Å². The number of carbonyl (C=O) groups is 1. The Balaban J connectivity index is 2.01. The summed E-state index contributed by atoms with van der Waals surface area (Å²) in [5, 5.41) is 1.12. The van der Waals surface area contributed by atoms with Crippen molar-refractivity contribution in [3.8, 4) is 0 Å². The Bertz CT molecular complexity index is 549. The highest BCUT2D eigenvalue weighted by Crippen LogP contribution is 2.14. The molecule has 1 heterocycles. The number of hydrogen-bond donors (Lipinski definition) is 0. The van der Waals surface area contributed by atoms with E-state index in [2.05, 4.69) is 4.98 Å². The first-order valence-electron chi connectivity index (χ1n) is 6.18. The number of pyridine rings is 1. The predicted molar refractivity (Wildman–Crippen MR) is 71.3 cm³/mol. The molecule has 18 heavy (non-hydrogen) atoms. The van der Waals surface area contributed by atoms with Crippen molar-refractivity contribution in [2.75, 3.05) is 0 Å². The second-order valence-corrected chi connectivity index (χ2v) is 4.57. The molecule has 0 spiro atoms. The Labute approximate surface area is 107 Å². The normalized spacial score (nSPS) is 10.8. The maximum absolute atomic E-state index is 11.5. The lowest BCUT2D eigenvalue weighted by Gasteiger charge is -2.07. The first-order valence-corrected chi connectivity index (χ1v) is 6.18. The van der Waals surface area contributed by atoms with Gasteiger partial charge in [0, 0.05) is 18.0 Å². The third-order valence-corrected chi connectivity index (χ3v) is 2.66. The van der Waals surface area contributed by atoms with Crippen LogP contribution < -0.4 is 0 Å². The van der Waals surface area contributed by atoms with Crippen molar-refractivity contribution in [3.05, 3.63) is 42.1 Å². The molecule has 0 radical (unpaired) electrons. The molecule has 2 aromatic rings. The summed E-state index contributed by atoms with van der Waals surface area (Å²) in [4.78, 5) is 15.8. The molecule has 1 aromatic carbocycles. The van der Waals surface area contributed by atoms with Gasteiger partial charge >= 0.3 is 5.97 Å². The standard InChI is InChI=1S/C15H17NO2/c1-11(2)18-15(17)8-6-12-5-7-13-4-3-9-16-14(13)10-12/h3-5,7,9-11H,6,8H2,1-2H3. The van der Waals surface area contributed by atoms with Crippen LogP contribution in [-0.4, -0.2) is 17.1 Å². The molecule has 1 aromatic heterocycles. The van der Waals surface area contributed by atoms with Gasteiger partial charge in [-0.05, 0) is 38.0 Å². The van der Waals surface area contributed by atoms with Gasteiger partial charge in [-0.15, -0.1) is 0 Å². The molecule has 0 N–H and O–H groups in total. The van der Waals surface area contributed by atoms with Gasteiger partial charge in [-0.25, -0.2) is 0 Å². The van der Waals surface area contributed by atoms with Crippen LogP contribution in [0.4, 0.5) is 0 Å². The molecule has 0 bridgehead atoms. The lowest BCUT2D eigenvalue weighted by molar-refractivity contribution is -0.147. The smallest absolute Gasteiger partial charge is 0.306 e. The number of aromatic nitrogens is 1. The van der Waals surface area contributed by atoms with Crippen LogP contribution >= 0.6 is 0 Å². The lowest BCUT2D eigenvalue weighted by atomic mass is 10.1. The van der Waals surface area contributed by atoms with Crippen molar-refractivity contribution in [1.29, 1.82) is 0 Å². The zero-order chi connectivity index (χ0) is 13.0. The van der Waals surface area contributed by atoms with Gasteiger partial charge in [-0.2, -0.15) is 0 Å². The Morgan fingerprint density at radius 1 is 1.33 bits per heavy atom. The van der Waals surface area contributed by atoms with Crippen molar-refractivity contribution in [3.63, 3.8) is 0 Å². The molecule has 0 aliphatic heterocycles. The van der Waals surface area contributed by atoms with Gasteiger partial charge in [0.1, 0.15) is 0 Å². The molecule has 0 aliphatic rings. The highest BCUT2D eigenvalue weighted by molar-refractivity contribution is 5.79. The van der Waals surface area contributed by atoms with Gasteiger partial charge < -0.3 is 4.74 Å². The molecule has 94 valence electrons. The van der Waals surface area contributed by atoms with Crippen LogP contribution in [0.3, 0.4) is 0 Å². The Kier molecular flexibility index (Phi) is 3.92. The fourth-order valence-corrected chi connectivity index (χ4v) is 1.84. The Hall–Kier alpha value is -1.90. The molecular weight excluding hydrogens is 226 g/mol. The summed E-state index contributed by atoms with van der Waals surface area (Å²) in [6, 6.07) is 10.0. The molecule has 0 fully saturated rings. The SMILES string of the molecule is CC(C)OC(=O)CCc1ccc2cccnc2c1. The summed E-state index contributed by atoms with van der Waals surface area (Å²) in [6.45, 7) is 3.72. The van der Waals surface area contributed by atoms with E-state index in [9.17, 15) is 4.79 Å². The van der Waals surface area contributed by atoms with E-state index in [-0.39, 0.29) is 12.1 Å². The summed E-state index contributed by atoms with van der Waals surface area (Å²) in [7, 11) is 0. The number of nitrogens with zero attached hydrogens (tertiary/aromatic N) is 1. The average Bonchev–Trinajstić information content (AvgIpc) is 2.35. The van der Waals surface area contributed by atoms with Gasteiger partial charge in [-0.3, -0.25) is 9.78 Å². The van der Waals surface area contributed by atoms with E-state index in [1.54, 1.807) is 6.20 Å². The van der Waals surface area contributed by atoms with Crippen molar-refractivity contribution >= 4 is 16.9 Å². The van der Waals surface area contributed by atoms with Gasteiger partial charge in [0.2, 0.25) is 0 Å². The van der Waals surface area contributed by atoms with Crippen LogP contribution in [0.25, 0.3) is 10.9 Å². The summed E-state index contributed by atoms with van der Waals surface area (Å²) in [5.74, 6) is -0.147. The largest absolute Gasteiger partial charge is 0.463 e. The van der Waals surface area contributed by atoms with Crippen LogP contribution in [0.15, 0.2) is 36.5 Å². The Morgan fingerprint density at radius 3 is 2.94 bits per heavy atom. The lowest BCUT2D eigenvalue weighted by Crippen LogP contribution is -2.11. The second-order valence-electron chi connectivity index (χ2n) is 4.57. The zero-order valence-corrected chi connectivity index (χ0v) is 10.7. The van der Waals surface area contributed by atoms with Gasteiger partial charge in [0.25, 0.3) is 0 Å². The molecule has 0 aliphatic carbocycles. The van der Waals surface area contributed by atoms with E-state index in [1.165, 1.54) is 0 Å². The number of esters is 1. The fourth-order valence-electron chi connectivity index (χ4n) is 1.84. The van der Waals surface area contributed by atoms with Crippen molar-refractivity contribution < 1.29 is 9.53 Å². The van der Waals surface area contributed by atoms with Crippen LogP contribution in [0.1, 0.15) is 25.8 Å². The van der Waals surface area contributed by atoms with Crippen molar-refractivity contribution in [2.45, 2.75) is 32.8 Å². The third-order valence-electron chi connectivity index (χ3n) is 2.66. The summed E-state index contributed by atoms with van der Waals surface area (Å²) < 4.78 is 5.10.